The Bertz CT molecular complexity index is 1280. The summed E-state index contributed by atoms with van der Waals surface area (Å²) in [5.74, 6) is -0.0260. The van der Waals surface area contributed by atoms with E-state index in [-0.39, 0.29) is 30.2 Å². The summed E-state index contributed by atoms with van der Waals surface area (Å²) in [6.07, 6.45) is -0.253. The molecule has 9 nitrogen and oxygen atoms in total. The SMILES string of the molecule is CNC(=O)c1c(-c2ccc(C)cc2)oc2cc3c(nc12)[C@H](C)O[C@H](CO)CN3S(C)(=O)=O. The van der Waals surface area contributed by atoms with Gasteiger partial charge in [-0.25, -0.2) is 13.4 Å². The molecule has 2 aromatic heterocycles. The van der Waals surface area contributed by atoms with Crippen LogP contribution in [0.15, 0.2) is 34.7 Å². The van der Waals surface area contributed by atoms with E-state index in [0.29, 0.717) is 28.2 Å². The second-order valence-electron chi connectivity index (χ2n) is 7.87. The number of aliphatic hydroxyl groups is 1. The maximum absolute atomic E-state index is 12.8. The Hall–Kier alpha value is -2.95. The molecule has 0 aliphatic carbocycles. The summed E-state index contributed by atoms with van der Waals surface area (Å²) in [6, 6.07) is 9.10. The van der Waals surface area contributed by atoms with Crippen molar-refractivity contribution < 1.29 is 27.5 Å². The molecule has 3 heterocycles. The number of carbonyl (C=O) groups is 1. The predicted octanol–water partition coefficient (Wildman–Crippen LogP) is 2.38. The molecule has 1 aromatic carbocycles. The molecule has 3 aromatic rings. The Balaban J connectivity index is 2.01. The summed E-state index contributed by atoms with van der Waals surface area (Å²) in [6.45, 7) is 3.28. The molecule has 170 valence electrons. The number of rotatable bonds is 4. The Morgan fingerprint density at radius 2 is 2.00 bits per heavy atom. The number of ether oxygens (including phenoxy) is 1. The van der Waals surface area contributed by atoms with E-state index in [4.69, 9.17) is 9.15 Å². The van der Waals surface area contributed by atoms with Gasteiger partial charge >= 0.3 is 0 Å². The van der Waals surface area contributed by atoms with Crippen LogP contribution in [-0.2, 0) is 14.8 Å². The van der Waals surface area contributed by atoms with Gasteiger partial charge in [-0.15, -0.1) is 0 Å². The number of hydrogen-bond acceptors (Lipinski definition) is 7. The number of fused-ring (bicyclic) bond motifs is 2. The maximum atomic E-state index is 12.8. The average Bonchev–Trinajstić information content (AvgIpc) is 3.05. The fourth-order valence-electron chi connectivity index (χ4n) is 3.86. The number of aryl methyl sites for hydroxylation is 1. The van der Waals surface area contributed by atoms with E-state index in [0.717, 1.165) is 16.1 Å². The van der Waals surface area contributed by atoms with Crippen LogP contribution in [0, 0.1) is 6.92 Å². The van der Waals surface area contributed by atoms with E-state index >= 15 is 0 Å². The third-order valence-electron chi connectivity index (χ3n) is 5.46. The molecule has 0 bridgehead atoms. The van der Waals surface area contributed by atoms with E-state index < -0.39 is 22.2 Å². The number of carbonyl (C=O) groups excluding carboxylic acids is 1. The number of nitrogens with zero attached hydrogens (tertiary/aromatic N) is 2. The van der Waals surface area contributed by atoms with Crippen molar-refractivity contribution in [2.75, 3.05) is 30.8 Å². The zero-order valence-corrected chi connectivity index (χ0v) is 19.1. The number of furan rings is 1. The van der Waals surface area contributed by atoms with Crippen molar-refractivity contribution in [3.63, 3.8) is 0 Å². The number of aliphatic hydroxyl groups excluding tert-OH is 1. The molecular formula is C22H25N3O6S. The summed E-state index contributed by atoms with van der Waals surface area (Å²) >= 11 is 0. The highest BCUT2D eigenvalue weighted by Crippen LogP contribution is 2.40. The minimum absolute atomic E-state index is 0.0618. The van der Waals surface area contributed by atoms with Crippen molar-refractivity contribution in [3.8, 4) is 11.3 Å². The minimum atomic E-state index is -3.70. The van der Waals surface area contributed by atoms with E-state index in [1.807, 2.05) is 31.2 Å². The van der Waals surface area contributed by atoms with Gasteiger partial charge < -0.3 is 19.6 Å². The molecule has 1 aliphatic heterocycles. The first kappa shape index (κ1) is 22.3. The summed E-state index contributed by atoms with van der Waals surface area (Å²) in [7, 11) is -2.18. The molecule has 32 heavy (non-hydrogen) atoms. The maximum Gasteiger partial charge on any atom is 0.257 e. The quantitative estimate of drug-likeness (QED) is 0.614. The molecule has 4 rings (SSSR count). The summed E-state index contributed by atoms with van der Waals surface area (Å²) in [5.41, 5.74) is 3.26. The van der Waals surface area contributed by atoms with Crippen LogP contribution < -0.4 is 9.62 Å². The highest BCUT2D eigenvalue weighted by atomic mass is 32.2. The fraction of sp³-hybridized carbons (Fsp3) is 0.364. The molecule has 2 N–H and O–H groups in total. The monoisotopic (exact) mass is 459 g/mol. The van der Waals surface area contributed by atoms with E-state index in [1.54, 1.807) is 13.0 Å². The number of hydrogen-bond donors (Lipinski definition) is 2. The Labute approximate surface area is 186 Å². The minimum Gasteiger partial charge on any atom is -0.453 e. The summed E-state index contributed by atoms with van der Waals surface area (Å²) in [5, 5.41) is 12.3. The first-order valence-electron chi connectivity index (χ1n) is 10.1. The van der Waals surface area contributed by atoms with Crippen LogP contribution in [0.5, 0.6) is 0 Å². The number of amides is 1. The molecule has 0 saturated carbocycles. The number of benzene rings is 1. The van der Waals surface area contributed by atoms with Crippen LogP contribution in [0.1, 0.15) is 34.6 Å². The average molecular weight is 460 g/mol. The fourth-order valence-corrected chi connectivity index (χ4v) is 4.80. The third kappa shape index (κ3) is 3.85. The van der Waals surface area contributed by atoms with Gasteiger partial charge in [0.05, 0.1) is 36.9 Å². The largest absolute Gasteiger partial charge is 0.453 e. The van der Waals surface area contributed by atoms with Crippen molar-refractivity contribution >= 4 is 32.7 Å². The molecule has 10 heteroatoms. The lowest BCUT2D eigenvalue weighted by Gasteiger charge is -2.23. The van der Waals surface area contributed by atoms with Crippen LogP contribution in [0.3, 0.4) is 0 Å². The number of sulfonamides is 1. The first-order valence-corrected chi connectivity index (χ1v) is 12.0. The molecule has 0 radical (unpaired) electrons. The number of nitrogens with one attached hydrogen (secondary N) is 1. The van der Waals surface area contributed by atoms with Crippen molar-refractivity contribution in [2.45, 2.75) is 26.1 Å². The zero-order chi connectivity index (χ0) is 23.2. The van der Waals surface area contributed by atoms with Gasteiger partial charge in [0.15, 0.2) is 5.58 Å². The van der Waals surface area contributed by atoms with Crippen molar-refractivity contribution in [3.05, 3.63) is 47.2 Å². The van der Waals surface area contributed by atoms with Gasteiger partial charge in [-0.1, -0.05) is 29.8 Å². The third-order valence-corrected chi connectivity index (χ3v) is 6.61. The van der Waals surface area contributed by atoms with Gasteiger partial charge in [0.25, 0.3) is 5.91 Å². The number of pyridine rings is 1. The van der Waals surface area contributed by atoms with Crippen LogP contribution in [0.4, 0.5) is 5.69 Å². The lowest BCUT2D eigenvalue weighted by molar-refractivity contribution is -0.0242. The van der Waals surface area contributed by atoms with E-state index in [9.17, 15) is 18.3 Å². The summed E-state index contributed by atoms with van der Waals surface area (Å²) < 4.78 is 38.2. The normalized spacial score (nSPS) is 19.0. The summed E-state index contributed by atoms with van der Waals surface area (Å²) in [4.78, 5) is 17.5. The van der Waals surface area contributed by atoms with Gasteiger partial charge in [0.1, 0.15) is 22.9 Å². The smallest absolute Gasteiger partial charge is 0.257 e. The Morgan fingerprint density at radius 1 is 1.31 bits per heavy atom. The molecular weight excluding hydrogens is 434 g/mol. The van der Waals surface area contributed by atoms with Gasteiger partial charge in [-0.2, -0.15) is 0 Å². The second kappa shape index (κ2) is 8.19. The molecule has 1 aliphatic rings. The van der Waals surface area contributed by atoms with Crippen LogP contribution in [0.25, 0.3) is 22.4 Å². The van der Waals surface area contributed by atoms with Crippen LogP contribution in [-0.4, -0.2) is 57.0 Å². The van der Waals surface area contributed by atoms with Crippen molar-refractivity contribution in [1.29, 1.82) is 0 Å². The topological polar surface area (TPSA) is 122 Å². The Kier molecular flexibility index (Phi) is 5.70. The lowest BCUT2D eigenvalue weighted by atomic mass is 10.1. The van der Waals surface area contributed by atoms with E-state index in [2.05, 4.69) is 10.3 Å². The van der Waals surface area contributed by atoms with Crippen molar-refractivity contribution in [2.24, 2.45) is 0 Å². The molecule has 0 saturated heterocycles. The van der Waals surface area contributed by atoms with Gasteiger partial charge in [-0.05, 0) is 13.8 Å². The van der Waals surface area contributed by atoms with Gasteiger partial charge in [0, 0.05) is 18.7 Å². The molecule has 0 spiro atoms. The van der Waals surface area contributed by atoms with Gasteiger partial charge in [0.2, 0.25) is 10.0 Å². The molecule has 2 atom stereocenters. The number of anilines is 1. The van der Waals surface area contributed by atoms with E-state index in [1.165, 1.54) is 7.05 Å². The molecule has 0 unspecified atom stereocenters. The first-order chi connectivity index (χ1) is 15.1. The van der Waals surface area contributed by atoms with Gasteiger partial charge in [-0.3, -0.25) is 9.10 Å². The molecule has 0 fully saturated rings. The zero-order valence-electron chi connectivity index (χ0n) is 18.2. The number of aromatic nitrogens is 1. The standard InChI is InChI=1S/C22H25N3O6S/c1-12-5-7-14(8-6-12)21-18(22(27)23-3)20-17(31-21)9-16-19(24-20)13(2)30-15(11-26)10-25(16)32(4,28)29/h5-9,13,15,26H,10-11H2,1-4H3,(H,23,27)/t13-,15-/m0/s1. The lowest BCUT2D eigenvalue weighted by Crippen LogP contribution is -2.38. The van der Waals surface area contributed by atoms with Crippen molar-refractivity contribution in [1.82, 2.24) is 10.3 Å². The molecule has 1 amide bonds. The highest BCUT2D eigenvalue weighted by Gasteiger charge is 2.34. The van der Waals surface area contributed by atoms with Crippen LogP contribution >= 0.6 is 0 Å². The highest BCUT2D eigenvalue weighted by molar-refractivity contribution is 7.92. The predicted molar refractivity (Wildman–Crippen MR) is 120 cm³/mol. The second-order valence-corrected chi connectivity index (χ2v) is 9.77. The Morgan fingerprint density at radius 3 is 2.59 bits per heavy atom. The van der Waals surface area contributed by atoms with Crippen LogP contribution in [0.2, 0.25) is 0 Å².